The summed E-state index contributed by atoms with van der Waals surface area (Å²) in [5, 5.41) is 8.97. The fraction of sp³-hybridized carbons (Fsp3) is 0.250. The molecule has 0 bridgehead atoms. The van der Waals surface area contributed by atoms with E-state index < -0.39 is 11.7 Å². The fourth-order valence-electron chi connectivity index (χ4n) is 1.26. The number of halogens is 4. The zero-order valence-electron chi connectivity index (χ0n) is 8.98. The Balaban J connectivity index is 3.13. The van der Waals surface area contributed by atoms with Gasteiger partial charge in [0.15, 0.2) is 0 Å². The van der Waals surface area contributed by atoms with E-state index in [1.165, 1.54) is 12.1 Å². The molecule has 0 saturated heterocycles. The zero-order chi connectivity index (χ0) is 13.1. The maximum atomic E-state index is 12.3. The van der Waals surface area contributed by atoms with E-state index in [9.17, 15) is 13.2 Å². The van der Waals surface area contributed by atoms with Crippen LogP contribution in [0, 0.1) is 11.3 Å². The number of hydrogen-bond acceptors (Lipinski definition) is 1. The molecule has 1 aromatic carbocycles. The van der Waals surface area contributed by atoms with Crippen LogP contribution in [0.3, 0.4) is 0 Å². The molecule has 90 valence electrons. The van der Waals surface area contributed by atoms with Crippen LogP contribution in [0.5, 0.6) is 0 Å². The second-order valence-electron chi connectivity index (χ2n) is 3.33. The number of benzene rings is 1. The van der Waals surface area contributed by atoms with Gasteiger partial charge in [0.05, 0.1) is 16.7 Å². The van der Waals surface area contributed by atoms with Crippen LogP contribution < -0.4 is 0 Å². The van der Waals surface area contributed by atoms with Gasteiger partial charge in [0, 0.05) is 5.57 Å². The molecule has 0 aliphatic heterocycles. The highest BCUT2D eigenvalue weighted by Crippen LogP contribution is 2.31. The average molecular weight is 260 g/mol. The second kappa shape index (κ2) is 5.24. The molecule has 0 fully saturated rings. The average Bonchev–Trinajstić information content (AvgIpc) is 2.29. The van der Waals surface area contributed by atoms with Gasteiger partial charge in [-0.2, -0.15) is 18.4 Å². The third kappa shape index (κ3) is 3.24. The van der Waals surface area contributed by atoms with Gasteiger partial charge in [-0.05, 0) is 24.1 Å². The van der Waals surface area contributed by atoms with Gasteiger partial charge in [-0.1, -0.05) is 30.7 Å². The monoisotopic (exact) mass is 259 g/mol. The highest BCUT2D eigenvalue weighted by atomic mass is 35.5. The van der Waals surface area contributed by atoms with Crippen molar-refractivity contribution in [3.05, 3.63) is 41.0 Å². The molecule has 0 amide bonds. The molecule has 0 unspecified atom stereocenters. The van der Waals surface area contributed by atoms with Crippen LogP contribution in [0.15, 0.2) is 29.8 Å². The quantitative estimate of drug-likeness (QED) is 0.713. The largest absolute Gasteiger partial charge is 0.416 e. The first-order chi connectivity index (χ1) is 7.90. The molecule has 0 radical (unpaired) electrons. The van der Waals surface area contributed by atoms with E-state index in [4.69, 9.17) is 16.9 Å². The predicted octanol–water partition coefficient (Wildman–Crippen LogP) is 4.59. The molecule has 1 nitrogen and oxygen atoms in total. The highest BCUT2D eigenvalue weighted by Gasteiger charge is 2.30. The normalized spacial score (nSPS) is 12.9. The van der Waals surface area contributed by atoms with Crippen molar-refractivity contribution in [1.29, 1.82) is 5.26 Å². The molecule has 5 heteroatoms. The van der Waals surface area contributed by atoms with E-state index in [1.807, 2.05) is 6.07 Å². The molecule has 17 heavy (non-hydrogen) atoms. The molecular weight excluding hydrogens is 251 g/mol. The van der Waals surface area contributed by atoms with Crippen molar-refractivity contribution in [2.45, 2.75) is 19.5 Å². The summed E-state index contributed by atoms with van der Waals surface area (Å²) in [6.45, 7) is 1.75. The van der Waals surface area contributed by atoms with E-state index in [1.54, 1.807) is 6.92 Å². The van der Waals surface area contributed by atoms with Gasteiger partial charge in [-0.15, -0.1) is 0 Å². The van der Waals surface area contributed by atoms with Crippen LogP contribution in [0.25, 0.3) is 5.03 Å². The third-order valence-electron chi connectivity index (χ3n) is 2.22. The zero-order valence-corrected chi connectivity index (χ0v) is 9.73. The molecule has 0 spiro atoms. The van der Waals surface area contributed by atoms with E-state index in [0.717, 1.165) is 12.1 Å². The Morgan fingerprint density at radius 3 is 2.18 bits per heavy atom. The Morgan fingerprint density at radius 1 is 1.29 bits per heavy atom. The van der Waals surface area contributed by atoms with Crippen LogP contribution in [0.1, 0.15) is 24.5 Å². The van der Waals surface area contributed by atoms with Crippen molar-refractivity contribution in [3.8, 4) is 6.07 Å². The number of rotatable bonds is 2. The lowest BCUT2D eigenvalue weighted by molar-refractivity contribution is -0.137. The minimum atomic E-state index is -4.36. The molecular formula is C12H9ClF3N. The van der Waals surface area contributed by atoms with Crippen molar-refractivity contribution in [1.82, 2.24) is 0 Å². The summed E-state index contributed by atoms with van der Waals surface area (Å²) in [6.07, 6.45) is -3.92. The first-order valence-electron chi connectivity index (χ1n) is 4.86. The van der Waals surface area contributed by atoms with Crippen molar-refractivity contribution in [2.24, 2.45) is 0 Å². The van der Waals surface area contributed by atoms with E-state index in [-0.39, 0.29) is 5.03 Å². The van der Waals surface area contributed by atoms with Crippen molar-refractivity contribution in [3.63, 3.8) is 0 Å². The molecule has 0 heterocycles. The van der Waals surface area contributed by atoms with Gasteiger partial charge in [0.25, 0.3) is 0 Å². The lowest BCUT2D eigenvalue weighted by atomic mass is 10.1. The smallest absolute Gasteiger partial charge is 0.193 e. The number of allylic oxidation sites excluding steroid dienone is 1. The van der Waals surface area contributed by atoms with Gasteiger partial charge >= 0.3 is 6.18 Å². The minimum Gasteiger partial charge on any atom is -0.193 e. The molecule has 0 atom stereocenters. The van der Waals surface area contributed by atoms with Crippen molar-refractivity contribution >= 4 is 16.6 Å². The number of alkyl halides is 3. The van der Waals surface area contributed by atoms with E-state index in [2.05, 4.69) is 0 Å². The first-order valence-corrected chi connectivity index (χ1v) is 5.24. The van der Waals surface area contributed by atoms with Gasteiger partial charge < -0.3 is 0 Å². The summed E-state index contributed by atoms with van der Waals surface area (Å²) in [4.78, 5) is 0. The third-order valence-corrected chi connectivity index (χ3v) is 2.67. The summed E-state index contributed by atoms with van der Waals surface area (Å²) < 4.78 is 36.9. The van der Waals surface area contributed by atoms with Gasteiger partial charge in [-0.25, -0.2) is 0 Å². The summed E-state index contributed by atoms with van der Waals surface area (Å²) >= 11 is 5.91. The Kier molecular flexibility index (Phi) is 4.19. The summed E-state index contributed by atoms with van der Waals surface area (Å²) in [6, 6.07) is 6.34. The lowest BCUT2D eigenvalue weighted by Gasteiger charge is -2.07. The maximum absolute atomic E-state index is 12.3. The molecule has 0 aliphatic rings. The molecule has 0 saturated carbocycles. The topological polar surface area (TPSA) is 23.8 Å². The van der Waals surface area contributed by atoms with Crippen LogP contribution in [0.2, 0.25) is 0 Å². The number of hydrogen-bond donors (Lipinski definition) is 0. The molecule has 0 aliphatic carbocycles. The van der Waals surface area contributed by atoms with Crippen LogP contribution in [-0.2, 0) is 6.18 Å². The van der Waals surface area contributed by atoms with Crippen molar-refractivity contribution < 1.29 is 13.2 Å². The molecule has 0 aromatic heterocycles. The Hall–Kier alpha value is -1.47. The number of nitriles is 1. The predicted molar refractivity (Wildman–Crippen MR) is 60.1 cm³/mol. The summed E-state index contributed by atoms with van der Waals surface area (Å²) in [7, 11) is 0. The molecule has 0 N–H and O–H groups in total. The first kappa shape index (κ1) is 13.6. The molecule has 1 aromatic rings. The Labute approximate surface area is 102 Å². The van der Waals surface area contributed by atoms with Crippen LogP contribution in [0.4, 0.5) is 13.2 Å². The maximum Gasteiger partial charge on any atom is 0.416 e. The summed E-state index contributed by atoms with van der Waals surface area (Å²) in [5.74, 6) is 0. The fourth-order valence-corrected chi connectivity index (χ4v) is 1.56. The van der Waals surface area contributed by atoms with Crippen LogP contribution in [-0.4, -0.2) is 0 Å². The number of nitrogens with zero attached hydrogens (tertiary/aromatic N) is 1. The van der Waals surface area contributed by atoms with E-state index >= 15 is 0 Å². The SMILES string of the molecule is CCC(C#N)=C(Cl)c1ccc(C(F)(F)F)cc1. The van der Waals surface area contributed by atoms with Gasteiger partial charge in [0.1, 0.15) is 0 Å². The minimum absolute atomic E-state index is 0.198. The van der Waals surface area contributed by atoms with Gasteiger partial charge in [-0.3, -0.25) is 0 Å². The Morgan fingerprint density at radius 2 is 1.82 bits per heavy atom. The van der Waals surface area contributed by atoms with E-state index in [0.29, 0.717) is 17.6 Å². The standard InChI is InChI=1S/C12H9ClF3N/c1-2-8(7-17)11(13)9-3-5-10(6-4-9)12(14,15)16/h3-6H,2H2,1H3. The lowest BCUT2D eigenvalue weighted by Crippen LogP contribution is -2.04. The summed E-state index contributed by atoms with van der Waals surface area (Å²) in [5.41, 5.74) is 0.0326. The van der Waals surface area contributed by atoms with Crippen LogP contribution >= 0.6 is 11.6 Å². The Bertz CT molecular complexity index is 466. The molecule has 1 rings (SSSR count). The second-order valence-corrected chi connectivity index (χ2v) is 3.71. The van der Waals surface area contributed by atoms with Gasteiger partial charge in [0.2, 0.25) is 0 Å². The van der Waals surface area contributed by atoms with Crippen molar-refractivity contribution in [2.75, 3.05) is 0 Å². The highest BCUT2D eigenvalue weighted by molar-refractivity contribution is 6.49.